The number of aromatic nitrogens is 1. The van der Waals surface area contributed by atoms with Gasteiger partial charge < -0.3 is 5.11 Å². The maximum absolute atomic E-state index is 10.7. The molecular weight excluding hydrogens is 346 g/mol. The molecule has 146 valence electrons. The molecule has 0 amide bonds. The molecule has 0 radical (unpaired) electrons. The second-order valence-corrected chi connectivity index (χ2v) is 7.82. The van der Waals surface area contributed by atoms with E-state index in [0.29, 0.717) is 5.57 Å². The van der Waals surface area contributed by atoms with Gasteiger partial charge in [0, 0.05) is 18.5 Å². The van der Waals surface area contributed by atoms with Crippen LogP contribution in [0.4, 0.5) is 0 Å². The predicted molar refractivity (Wildman–Crippen MR) is 117 cm³/mol. The van der Waals surface area contributed by atoms with Gasteiger partial charge in [-0.1, -0.05) is 61.9 Å². The number of hydrogen-bond donors (Lipinski definition) is 1. The molecule has 0 fully saturated rings. The van der Waals surface area contributed by atoms with Crippen LogP contribution in [-0.2, 0) is 4.79 Å². The van der Waals surface area contributed by atoms with Crippen LogP contribution in [-0.4, -0.2) is 16.1 Å². The first-order chi connectivity index (χ1) is 13.2. The second-order valence-electron chi connectivity index (χ2n) is 7.82. The number of aliphatic carboxylic acids is 1. The summed E-state index contributed by atoms with van der Waals surface area (Å²) in [6.45, 7) is 10.5. The summed E-state index contributed by atoms with van der Waals surface area (Å²) in [7, 11) is 0. The molecule has 1 aliphatic carbocycles. The van der Waals surface area contributed by atoms with Crippen molar-refractivity contribution >= 4 is 11.5 Å². The number of pyridine rings is 1. The van der Waals surface area contributed by atoms with Crippen molar-refractivity contribution in [3.05, 3.63) is 94.9 Å². The molecule has 3 nitrogen and oxygen atoms in total. The van der Waals surface area contributed by atoms with Crippen LogP contribution in [0.25, 0.3) is 5.57 Å². The maximum atomic E-state index is 10.7. The number of carboxylic acid groups (broad SMARTS) is 1. The van der Waals surface area contributed by atoms with E-state index in [4.69, 9.17) is 5.11 Å². The summed E-state index contributed by atoms with van der Waals surface area (Å²) in [5.74, 6) is -0.929. The Bertz CT molecular complexity index is 907. The van der Waals surface area contributed by atoms with E-state index >= 15 is 0 Å². The molecule has 1 N–H and O–H groups in total. The molecule has 1 heterocycles. The van der Waals surface area contributed by atoms with Crippen LogP contribution < -0.4 is 0 Å². The molecule has 0 spiro atoms. The minimum atomic E-state index is -0.929. The number of rotatable bonds is 6. The largest absolute Gasteiger partial charge is 0.478 e. The third-order valence-electron chi connectivity index (χ3n) is 4.91. The molecule has 0 atom stereocenters. The zero-order chi connectivity index (χ0) is 20.7. The van der Waals surface area contributed by atoms with E-state index < -0.39 is 5.97 Å². The summed E-state index contributed by atoms with van der Waals surface area (Å²) in [6.07, 6.45) is 18.2. The van der Waals surface area contributed by atoms with Gasteiger partial charge in [-0.15, -0.1) is 0 Å². The molecule has 1 aromatic rings. The van der Waals surface area contributed by atoms with E-state index in [9.17, 15) is 4.79 Å². The third-order valence-corrected chi connectivity index (χ3v) is 4.91. The van der Waals surface area contributed by atoms with Gasteiger partial charge >= 0.3 is 5.97 Å². The molecule has 0 aliphatic heterocycles. The Labute approximate surface area is 168 Å². The van der Waals surface area contributed by atoms with Crippen LogP contribution in [0.3, 0.4) is 0 Å². The summed E-state index contributed by atoms with van der Waals surface area (Å²) in [5, 5.41) is 8.75. The van der Waals surface area contributed by atoms with E-state index in [1.54, 1.807) is 19.2 Å². The normalized spacial score (nSPS) is 18.1. The quantitative estimate of drug-likeness (QED) is 0.469. The fraction of sp³-hybridized carbons (Fsp3) is 0.280. The number of allylic oxidation sites excluding steroid dienone is 11. The van der Waals surface area contributed by atoms with Crippen LogP contribution in [0.1, 0.15) is 46.6 Å². The zero-order valence-electron chi connectivity index (χ0n) is 17.4. The van der Waals surface area contributed by atoms with Gasteiger partial charge in [-0.3, -0.25) is 4.98 Å². The van der Waals surface area contributed by atoms with Gasteiger partial charge in [-0.2, -0.15) is 0 Å². The average molecular weight is 376 g/mol. The van der Waals surface area contributed by atoms with Gasteiger partial charge in [0.25, 0.3) is 0 Å². The zero-order valence-corrected chi connectivity index (χ0v) is 17.4. The highest BCUT2D eigenvalue weighted by atomic mass is 16.4. The van der Waals surface area contributed by atoms with Crippen molar-refractivity contribution in [1.82, 2.24) is 4.98 Å². The molecular formula is C25H29NO2. The molecule has 1 aliphatic rings. The van der Waals surface area contributed by atoms with Gasteiger partial charge in [-0.25, -0.2) is 4.79 Å². The third kappa shape index (κ3) is 5.78. The molecule has 0 unspecified atom stereocenters. The minimum absolute atomic E-state index is 0.0726. The van der Waals surface area contributed by atoms with Crippen molar-refractivity contribution < 1.29 is 9.90 Å². The summed E-state index contributed by atoms with van der Waals surface area (Å²) in [5.41, 5.74) is 6.90. The van der Waals surface area contributed by atoms with Gasteiger partial charge in [0.1, 0.15) is 0 Å². The van der Waals surface area contributed by atoms with Gasteiger partial charge in [0.15, 0.2) is 0 Å². The molecule has 2 rings (SSSR count). The lowest BCUT2D eigenvalue weighted by Gasteiger charge is -2.32. The van der Waals surface area contributed by atoms with Crippen molar-refractivity contribution in [2.75, 3.05) is 0 Å². The van der Waals surface area contributed by atoms with Crippen molar-refractivity contribution in [2.45, 2.75) is 41.0 Å². The highest BCUT2D eigenvalue weighted by Gasteiger charge is 2.27. The monoisotopic (exact) mass is 375 g/mol. The number of nitrogens with zero attached hydrogens (tertiary/aromatic N) is 1. The fourth-order valence-corrected chi connectivity index (χ4v) is 3.34. The van der Waals surface area contributed by atoms with Gasteiger partial charge in [0.2, 0.25) is 0 Å². The van der Waals surface area contributed by atoms with Crippen molar-refractivity contribution in [1.29, 1.82) is 0 Å². The average Bonchev–Trinajstić information content (AvgIpc) is 2.61. The molecule has 1 aromatic heterocycles. The Hall–Kier alpha value is -2.94. The lowest BCUT2D eigenvalue weighted by Crippen LogP contribution is -2.18. The number of hydrogen-bond acceptors (Lipinski definition) is 2. The molecule has 0 aromatic carbocycles. The summed E-state index contributed by atoms with van der Waals surface area (Å²) < 4.78 is 0. The van der Waals surface area contributed by atoms with E-state index in [2.05, 4.69) is 50.0 Å². The summed E-state index contributed by atoms with van der Waals surface area (Å²) in [4.78, 5) is 14.9. The SMILES string of the molecule is CC1=C(/C=C/C(C)=C/C=C/C(C)=C\C(=O)O)C(C)(C)CC=C1c1cccnc1. The van der Waals surface area contributed by atoms with Crippen molar-refractivity contribution in [3.8, 4) is 0 Å². The van der Waals surface area contributed by atoms with Gasteiger partial charge in [0.05, 0.1) is 0 Å². The molecule has 28 heavy (non-hydrogen) atoms. The Morgan fingerprint density at radius 3 is 2.61 bits per heavy atom. The summed E-state index contributed by atoms with van der Waals surface area (Å²) in [6, 6.07) is 4.07. The molecule has 3 heteroatoms. The second kappa shape index (κ2) is 9.32. The Kier molecular flexibility index (Phi) is 7.11. The predicted octanol–water partition coefficient (Wildman–Crippen LogP) is 6.30. The van der Waals surface area contributed by atoms with E-state index in [-0.39, 0.29) is 5.41 Å². The first-order valence-corrected chi connectivity index (χ1v) is 9.47. The lowest BCUT2D eigenvalue weighted by molar-refractivity contribution is -0.131. The molecule has 0 saturated carbocycles. The summed E-state index contributed by atoms with van der Waals surface area (Å²) >= 11 is 0. The lowest BCUT2D eigenvalue weighted by atomic mass is 9.72. The Morgan fingerprint density at radius 1 is 1.21 bits per heavy atom. The highest BCUT2D eigenvalue weighted by Crippen LogP contribution is 2.43. The van der Waals surface area contributed by atoms with E-state index in [1.165, 1.54) is 22.8 Å². The van der Waals surface area contributed by atoms with E-state index in [0.717, 1.165) is 17.6 Å². The topological polar surface area (TPSA) is 50.2 Å². The maximum Gasteiger partial charge on any atom is 0.328 e. The van der Waals surface area contributed by atoms with Crippen LogP contribution in [0.2, 0.25) is 0 Å². The van der Waals surface area contributed by atoms with Crippen LogP contribution in [0.5, 0.6) is 0 Å². The minimum Gasteiger partial charge on any atom is -0.478 e. The Balaban J connectivity index is 2.26. The first-order valence-electron chi connectivity index (χ1n) is 9.47. The van der Waals surface area contributed by atoms with Crippen LogP contribution in [0.15, 0.2) is 89.4 Å². The molecule has 0 bridgehead atoms. The molecule has 0 saturated heterocycles. The number of carboxylic acids is 1. The first kappa shape index (κ1) is 21.4. The van der Waals surface area contributed by atoms with Crippen molar-refractivity contribution in [2.24, 2.45) is 5.41 Å². The van der Waals surface area contributed by atoms with Crippen LogP contribution in [0, 0.1) is 5.41 Å². The standard InChI is InChI=1S/C25H29NO2/c1-18(8-6-9-19(2)16-24(27)28)11-12-23-20(3)22(13-14-25(23,4)5)21-10-7-15-26-17-21/h6-13,15-17H,14H2,1-5H3,(H,27,28)/b9-6+,12-11+,18-8+,19-16-. The highest BCUT2D eigenvalue weighted by molar-refractivity contribution is 5.81. The van der Waals surface area contributed by atoms with Crippen molar-refractivity contribution in [3.63, 3.8) is 0 Å². The number of carbonyl (C=O) groups is 1. The smallest absolute Gasteiger partial charge is 0.328 e. The fourth-order valence-electron chi connectivity index (χ4n) is 3.34. The Morgan fingerprint density at radius 2 is 1.96 bits per heavy atom. The van der Waals surface area contributed by atoms with Gasteiger partial charge in [-0.05, 0) is 66.5 Å². The van der Waals surface area contributed by atoms with Crippen LogP contribution >= 0.6 is 0 Å². The van der Waals surface area contributed by atoms with E-state index in [1.807, 2.05) is 31.3 Å².